The predicted octanol–water partition coefficient (Wildman–Crippen LogP) is 2.25. The summed E-state index contributed by atoms with van der Waals surface area (Å²) in [5, 5.41) is 12.3. The van der Waals surface area contributed by atoms with Gasteiger partial charge >= 0.3 is 0 Å². The summed E-state index contributed by atoms with van der Waals surface area (Å²) in [7, 11) is 0. The quantitative estimate of drug-likeness (QED) is 0.814. The number of morpholine rings is 1. The van der Waals surface area contributed by atoms with E-state index in [2.05, 4.69) is 35.1 Å². The molecule has 21 heavy (non-hydrogen) atoms. The topological polar surface area (TPSA) is 61.2 Å². The van der Waals surface area contributed by atoms with Crippen LogP contribution in [0.2, 0.25) is 0 Å². The summed E-state index contributed by atoms with van der Waals surface area (Å²) in [6.45, 7) is 8.30. The fraction of sp³-hybridized carbons (Fsp3) is 0.625. The van der Waals surface area contributed by atoms with Crippen LogP contribution in [-0.2, 0) is 4.74 Å². The molecular weight excluding hydrogens is 264 g/mol. The predicted molar refractivity (Wildman–Crippen MR) is 83.1 cm³/mol. The van der Waals surface area contributed by atoms with Crippen molar-refractivity contribution in [1.82, 2.24) is 9.88 Å². The van der Waals surface area contributed by atoms with E-state index in [1.807, 2.05) is 12.1 Å². The molecule has 0 bridgehead atoms. The first-order valence-corrected chi connectivity index (χ1v) is 7.66. The summed E-state index contributed by atoms with van der Waals surface area (Å²) in [5.74, 6) is 0. The molecule has 2 rings (SSSR count). The van der Waals surface area contributed by atoms with E-state index in [0.717, 1.165) is 44.7 Å². The van der Waals surface area contributed by atoms with Crippen LogP contribution in [-0.4, -0.2) is 48.3 Å². The van der Waals surface area contributed by atoms with E-state index in [1.54, 1.807) is 6.20 Å². The van der Waals surface area contributed by atoms with Crippen molar-refractivity contribution in [3.05, 3.63) is 24.0 Å². The number of aromatic nitrogens is 1. The third-order valence-corrected chi connectivity index (χ3v) is 3.63. The second-order valence-corrected chi connectivity index (χ2v) is 5.66. The molecule has 0 spiro atoms. The molecule has 1 aliphatic heterocycles. The molecule has 2 unspecified atom stereocenters. The minimum atomic E-state index is 0.334. The highest BCUT2D eigenvalue weighted by Crippen LogP contribution is 2.12. The zero-order valence-electron chi connectivity index (χ0n) is 12.9. The summed E-state index contributed by atoms with van der Waals surface area (Å²) in [6.07, 6.45) is 4.54. The molecule has 0 amide bonds. The van der Waals surface area contributed by atoms with Crippen molar-refractivity contribution in [2.24, 2.45) is 0 Å². The van der Waals surface area contributed by atoms with Gasteiger partial charge in [0.25, 0.3) is 0 Å². The Hall–Kier alpha value is -1.64. The lowest BCUT2D eigenvalue weighted by atomic mass is 10.2. The molecule has 2 atom stereocenters. The number of nitrogens with zero attached hydrogens (tertiary/aromatic N) is 3. The van der Waals surface area contributed by atoms with Gasteiger partial charge in [0.1, 0.15) is 6.07 Å². The Morgan fingerprint density at radius 2 is 2.14 bits per heavy atom. The largest absolute Gasteiger partial charge is 0.383 e. The van der Waals surface area contributed by atoms with E-state index >= 15 is 0 Å². The molecule has 5 nitrogen and oxygen atoms in total. The third kappa shape index (κ3) is 5.00. The van der Waals surface area contributed by atoms with Gasteiger partial charge in [-0.1, -0.05) is 0 Å². The van der Waals surface area contributed by atoms with Gasteiger partial charge in [0.2, 0.25) is 0 Å². The minimum absolute atomic E-state index is 0.334. The van der Waals surface area contributed by atoms with Crippen molar-refractivity contribution in [2.75, 3.05) is 31.5 Å². The first kappa shape index (κ1) is 15.7. The number of nitriles is 1. The maximum absolute atomic E-state index is 8.97. The molecule has 5 heteroatoms. The fourth-order valence-corrected chi connectivity index (χ4v) is 2.79. The van der Waals surface area contributed by atoms with Gasteiger partial charge in [0.15, 0.2) is 5.69 Å². The Morgan fingerprint density at radius 1 is 1.38 bits per heavy atom. The lowest BCUT2D eigenvalue weighted by Crippen LogP contribution is -2.45. The van der Waals surface area contributed by atoms with Crippen LogP contribution in [0.4, 0.5) is 5.69 Å². The molecule has 0 aliphatic carbocycles. The van der Waals surface area contributed by atoms with Crippen LogP contribution >= 0.6 is 0 Å². The summed E-state index contributed by atoms with van der Waals surface area (Å²) < 4.78 is 5.74. The van der Waals surface area contributed by atoms with Crippen molar-refractivity contribution < 1.29 is 4.74 Å². The Morgan fingerprint density at radius 3 is 2.86 bits per heavy atom. The first-order valence-electron chi connectivity index (χ1n) is 7.66. The van der Waals surface area contributed by atoms with Crippen molar-refractivity contribution in [1.29, 1.82) is 5.26 Å². The summed E-state index contributed by atoms with van der Waals surface area (Å²) >= 11 is 0. The highest BCUT2D eigenvalue weighted by molar-refractivity contribution is 5.53. The molecule has 0 saturated carbocycles. The van der Waals surface area contributed by atoms with Crippen molar-refractivity contribution in [3.8, 4) is 6.07 Å². The third-order valence-electron chi connectivity index (χ3n) is 3.63. The van der Waals surface area contributed by atoms with Gasteiger partial charge in [-0.2, -0.15) is 5.26 Å². The van der Waals surface area contributed by atoms with Gasteiger partial charge in [0.05, 0.1) is 17.9 Å². The van der Waals surface area contributed by atoms with Crippen LogP contribution in [0, 0.1) is 11.3 Å². The molecule has 1 aliphatic rings. The lowest BCUT2D eigenvalue weighted by Gasteiger charge is -2.35. The molecule has 1 fully saturated rings. The van der Waals surface area contributed by atoms with Gasteiger partial charge in [-0.25, -0.2) is 4.98 Å². The van der Waals surface area contributed by atoms with E-state index in [0.29, 0.717) is 17.9 Å². The molecule has 0 radical (unpaired) electrons. The van der Waals surface area contributed by atoms with Gasteiger partial charge < -0.3 is 10.1 Å². The summed E-state index contributed by atoms with van der Waals surface area (Å²) in [4.78, 5) is 6.52. The summed E-state index contributed by atoms with van der Waals surface area (Å²) in [5.41, 5.74) is 1.29. The number of hydrogen-bond donors (Lipinski definition) is 1. The number of pyridine rings is 1. The average molecular weight is 288 g/mol. The smallest absolute Gasteiger partial charge is 0.163 e. The second-order valence-electron chi connectivity index (χ2n) is 5.66. The SMILES string of the molecule is CC1CN(CCCCNc2cccnc2C#N)CC(C)O1. The maximum Gasteiger partial charge on any atom is 0.163 e. The second kappa shape index (κ2) is 7.96. The molecule has 114 valence electrons. The molecular formula is C16H24N4O. The minimum Gasteiger partial charge on any atom is -0.383 e. The number of unbranched alkanes of at least 4 members (excludes halogenated alkanes) is 1. The van der Waals surface area contributed by atoms with Crippen LogP contribution in [0.25, 0.3) is 0 Å². The molecule has 1 N–H and O–H groups in total. The number of rotatable bonds is 6. The van der Waals surface area contributed by atoms with E-state index < -0.39 is 0 Å². The van der Waals surface area contributed by atoms with Crippen molar-refractivity contribution in [3.63, 3.8) is 0 Å². The Kier molecular flexibility index (Phi) is 5.97. The van der Waals surface area contributed by atoms with Crippen molar-refractivity contribution in [2.45, 2.75) is 38.9 Å². The molecule has 1 saturated heterocycles. The molecule has 2 heterocycles. The van der Waals surface area contributed by atoms with Crippen LogP contribution in [0.5, 0.6) is 0 Å². The van der Waals surface area contributed by atoms with E-state index in [-0.39, 0.29) is 0 Å². The van der Waals surface area contributed by atoms with Crippen molar-refractivity contribution >= 4 is 5.69 Å². The zero-order chi connectivity index (χ0) is 15.1. The zero-order valence-corrected chi connectivity index (χ0v) is 12.9. The van der Waals surface area contributed by atoms with E-state index in [4.69, 9.17) is 10.00 Å². The normalized spacial score (nSPS) is 22.7. The highest BCUT2D eigenvalue weighted by atomic mass is 16.5. The van der Waals surface area contributed by atoms with Gasteiger partial charge in [-0.3, -0.25) is 4.90 Å². The maximum atomic E-state index is 8.97. The number of ether oxygens (including phenoxy) is 1. The molecule has 0 aromatic carbocycles. The Balaban J connectivity index is 1.65. The van der Waals surface area contributed by atoms with E-state index in [9.17, 15) is 0 Å². The van der Waals surface area contributed by atoms with Gasteiger partial charge in [-0.05, 0) is 45.4 Å². The van der Waals surface area contributed by atoms with Crippen LogP contribution in [0.1, 0.15) is 32.4 Å². The number of nitrogens with one attached hydrogen (secondary N) is 1. The monoisotopic (exact) mass is 288 g/mol. The Labute approximate surface area is 126 Å². The van der Waals surface area contributed by atoms with Crippen LogP contribution in [0.15, 0.2) is 18.3 Å². The van der Waals surface area contributed by atoms with Crippen LogP contribution < -0.4 is 5.32 Å². The first-order chi connectivity index (χ1) is 10.2. The lowest BCUT2D eigenvalue weighted by molar-refractivity contribution is -0.0681. The van der Waals surface area contributed by atoms with Gasteiger partial charge in [0, 0.05) is 25.8 Å². The van der Waals surface area contributed by atoms with Gasteiger partial charge in [-0.15, -0.1) is 0 Å². The highest BCUT2D eigenvalue weighted by Gasteiger charge is 2.21. The fourth-order valence-electron chi connectivity index (χ4n) is 2.79. The Bertz CT molecular complexity index is 475. The molecule has 1 aromatic heterocycles. The number of hydrogen-bond acceptors (Lipinski definition) is 5. The van der Waals surface area contributed by atoms with E-state index in [1.165, 1.54) is 0 Å². The summed E-state index contributed by atoms with van der Waals surface area (Å²) in [6, 6.07) is 5.85. The van der Waals surface area contributed by atoms with Crippen LogP contribution in [0.3, 0.4) is 0 Å². The average Bonchev–Trinajstić information content (AvgIpc) is 2.46. The standard InChI is InChI=1S/C16H24N4O/c1-13-11-20(12-14(2)21-13)9-4-3-7-18-15-6-5-8-19-16(15)10-17/h5-6,8,13-14,18H,3-4,7,9,11-12H2,1-2H3. The molecule has 1 aromatic rings. The number of anilines is 1.